The van der Waals surface area contributed by atoms with Gasteiger partial charge in [-0.15, -0.1) is 0 Å². The third-order valence-electron chi connectivity index (χ3n) is 5.46. The molecule has 2 atom stereocenters. The van der Waals surface area contributed by atoms with E-state index in [0.29, 0.717) is 0 Å². The summed E-state index contributed by atoms with van der Waals surface area (Å²) < 4.78 is 10.5. The Morgan fingerprint density at radius 3 is 2.18 bits per heavy atom. The van der Waals surface area contributed by atoms with E-state index in [-0.39, 0.29) is 25.7 Å². The number of amides is 2. The summed E-state index contributed by atoms with van der Waals surface area (Å²) in [5, 5.41) is 23.8. The van der Waals surface area contributed by atoms with E-state index in [1.54, 1.807) is 0 Å². The minimum Gasteiger partial charge on any atom is -0.481 e. The lowest BCUT2D eigenvalue weighted by Gasteiger charge is -2.24. The summed E-state index contributed by atoms with van der Waals surface area (Å²) in [4.78, 5) is 35.7. The second kappa shape index (κ2) is 10.5. The summed E-state index contributed by atoms with van der Waals surface area (Å²) in [6.07, 6.45) is -1.33. The van der Waals surface area contributed by atoms with Crippen molar-refractivity contribution < 1.29 is 34.1 Å². The number of nitrogens with one attached hydrogen (secondary N) is 2. The molecule has 0 aliphatic heterocycles. The van der Waals surface area contributed by atoms with Gasteiger partial charge in [-0.1, -0.05) is 48.5 Å². The molecule has 1 aliphatic carbocycles. The van der Waals surface area contributed by atoms with Crippen LogP contribution in [0, 0.1) is 0 Å². The van der Waals surface area contributed by atoms with Crippen LogP contribution in [0.2, 0.25) is 0 Å². The molecule has 0 spiro atoms. The van der Waals surface area contributed by atoms with Crippen LogP contribution in [0.5, 0.6) is 0 Å². The fraction of sp³-hybridized carbons (Fsp3) is 0.375. The number of benzene rings is 2. The van der Waals surface area contributed by atoms with Gasteiger partial charge in [0, 0.05) is 19.6 Å². The second-order valence-electron chi connectivity index (χ2n) is 8.26. The molecule has 4 N–H and O–H groups in total. The number of methoxy groups -OCH3 is 1. The first-order chi connectivity index (χ1) is 15.7. The Hall–Kier alpha value is -3.43. The molecule has 9 heteroatoms. The Morgan fingerprint density at radius 2 is 1.64 bits per heavy atom. The summed E-state index contributed by atoms with van der Waals surface area (Å²) >= 11 is 0. The van der Waals surface area contributed by atoms with Crippen molar-refractivity contribution in [3.05, 3.63) is 59.7 Å². The molecule has 0 heterocycles. The summed E-state index contributed by atoms with van der Waals surface area (Å²) in [6.45, 7) is 0.960. The predicted octanol–water partition coefficient (Wildman–Crippen LogP) is 1.88. The number of carbonyl (C=O) groups is 3. The minimum atomic E-state index is -1.64. The monoisotopic (exact) mass is 456 g/mol. The van der Waals surface area contributed by atoms with E-state index >= 15 is 0 Å². The maximum atomic E-state index is 12.5. The van der Waals surface area contributed by atoms with Gasteiger partial charge >= 0.3 is 12.1 Å². The van der Waals surface area contributed by atoms with E-state index in [1.165, 1.54) is 14.0 Å². The first-order valence-corrected chi connectivity index (χ1v) is 10.5. The van der Waals surface area contributed by atoms with Gasteiger partial charge in [0.25, 0.3) is 0 Å². The molecule has 9 nitrogen and oxygen atoms in total. The minimum absolute atomic E-state index is 0.0918. The number of carbonyl (C=O) groups excluding carboxylic acids is 2. The van der Waals surface area contributed by atoms with Crippen molar-refractivity contribution in [3.8, 4) is 11.1 Å². The van der Waals surface area contributed by atoms with Crippen molar-refractivity contribution in [1.29, 1.82) is 0 Å². The Kier molecular flexibility index (Phi) is 7.67. The Balaban J connectivity index is 1.59. The molecule has 176 valence electrons. The number of carboxylic acids is 1. The molecule has 0 aromatic heterocycles. The average molecular weight is 456 g/mol. The fourth-order valence-electron chi connectivity index (χ4n) is 3.92. The van der Waals surface area contributed by atoms with Gasteiger partial charge in [-0.25, -0.2) is 4.79 Å². The molecule has 0 saturated heterocycles. The number of hydrogen-bond acceptors (Lipinski definition) is 6. The number of aliphatic hydroxyl groups is 1. The van der Waals surface area contributed by atoms with Crippen molar-refractivity contribution >= 4 is 18.0 Å². The van der Waals surface area contributed by atoms with E-state index in [1.807, 2.05) is 48.5 Å². The zero-order valence-corrected chi connectivity index (χ0v) is 18.5. The third-order valence-corrected chi connectivity index (χ3v) is 5.46. The van der Waals surface area contributed by atoms with E-state index in [0.717, 1.165) is 22.3 Å². The van der Waals surface area contributed by atoms with Crippen LogP contribution < -0.4 is 10.6 Å². The van der Waals surface area contributed by atoms with Crippen molar-refractivity contribution in [3.63, 3.8) is 0 Å². The summed E-state index contributed by atoms with van der Waals surface area (Å²) in [6, 6.07) is 14.8. The maximum absolute atomic E-state index is 12.5. The van der Waals surface area contributed by atoms with Crippen molar-refractivity contribution in [2.45, 2.75) is 30.9 Å². The summed E-state index contributed by atoms with van der Waals surface area (Å²) in [5.74, 6) is -1.94. The van der Waals surface area contributed by atoms with Gasteiger partial charge in [0.05, 0.1) is 18.6 Å². The van der Waals surface area contributed by atoms with Gasteiger partial charge in [0.15, 0.2) is 0 Å². The lowest BCUT2D eigenvalue weighted by atomic mass is 9.98. The standard InChI is InChI=1S/C24H28N2O7/c1-24(31,11-21(27)28)14-25-22(29)20(13-32-2)26-23(30)33-12-19-17-9-5-3-7-15(17)16-8-4-6-10-18(16)19/h3-10,19-20,31H,11-14H2,1-2H3,(H,25,29)(H,26,30)(H,27,28)/t20-,24?/m0/s1. The van der Waals surface area contributed by atoms with Crippen LogP contribution >= 0.6 is 0 Å². The van der Waals surface area contributed by atoms with E-state index in [2.05, 4.69) is 10.6 Å². The largest absolute Gasteiger partial charge is 0.481 e. The van der Waals surface area contributed by atoms with Crippen molar-refractivity contribution in [2.75, 3.05) is 26.9 Å². The van der Waals surface area contributed by atoms with Crippen LogP contribution in [-0.4, -0.2) is 66.7 Å². The lowest BCUT2D eigenvalue weighted by molar-refractivity contribution is -0.142. The Morgan fingerprint density at radius 1 is 1.06 bits per heavy atom. The molecule has 0 fully saturated rings. The van der Waals surface area contributed by atoms with Crippen molar-refractivity contribution in [1.82, 2.24) is 10.6 Å². The summed E-state index contributed by atoms with van der Waals surface area (Å²) in [7, 11) is 1.38. The van der Waals surface area contributed by atoms with Crippen LogP contribution in [0.3, 0.4) is 0 Å². The van der Waals surface area contributed by atoms with Gasteiger partial charge in [-0.05, 0) is 29.2 Å². The van der Waals surface area contributed by atoms with Gasteiger partial charge in [-0.3, -0.25) is 9.59 Å². The number of fused-ring (bicyclic) bond motifs is 3. The molecule has 2 aromatic rings. The van der Waals surface area contributed by atoms with Crippen LogP contribution in [0.15, 0.2) is 48.5 Å². The third kappa shape index (κ3) is 6.09. The molecular formula is C24H28N2O7. The van der Waals surface area contributed by atoms with Crippen LogP contribution in [0.1, 0.15) is 30.4 Å². The fourth-order valence-corrected chi connectivity index (χ4v) is 3.92. The molecule has 0 bridgehead atoms. The highest BCUT2D eigenvalue weighted by Crippen LogP contribution is 2.44. The summed E-state index contributed by atoms with van der Waals surface area (Å²) in [5.41, 5.74) is 2.71. The SMILES string of the molecule is COC[C@H](NC(=O)OCC1c2ccccc2-c2ccccc21)C(=O)NCC(C)(O)CC(=O)O. The van der Waals surface area contributed by atoms with Gasteiger partial charge < -0.3 is 30.3 Å². The smallest absolute Gasteiger partial charge is 0.407 e. The number of ether oxygens (including phenoxy) is 2. The molecule has 3 rings (SSSR count). The number of carboxylic acid groups (broad SMARTS) is 1. The number of aliphatic carboxylic acids is 1. The zero-order valence-electron chi connectivity index (χ0n) is 18.5. The second-order valence-corrected chi connectivity index (χ2v) is 8.26. The highest BCUT2D eigenvalue weighted by molar-refractivity contribution is 5.86. The maximum Gasteiger partial charge on any atom is 0.407 e. The first-order valence-electron chi connectivity index (χ1n) is 10.5. The normalized spacial score (nSPS) is 15.0. The van der Waals surface area contributed by atoms with E-state index < -0.39 is 36.0 Å². The topological polar surface area (TPSA) is 134 Å². The number of alkyl carbamates (subject to hydrolysis) is 1. The molecular weight excluding hydrogens is 428 g/mol. The Labute approximate surface area is 191 Å². The molecule has 0 saturated carbocycles. The molecule has 33 heavy (non-hydrogen) atoms. The highest BCUT2D eigenvalue weighted by atomic mass is 16.5. The van der Waals surface area contributed by atoms with Crippen LogP contribution in [-0.2, 0) is 19.1 Å². The molecule has 1 aliphatic rings. The lowest BCUT2D eigenvalue weighted by Crippen LogP contribution is -2.52. The van der Waals surface area contributed by atoms with Crippen LogP contribution in [0.25, 0.3) is 11.1 Å². The Bertz CT molecular complexity index is 976. The van der Waals surface area contributed by atoms with Crippen LogP contribution in [0.4, 0.5) is 4.79 Å². The highest BCUT2D eigenvalue weighted by Gasteiger charge is 2.30. The molecule has 0 radical (unpaired) electrons. The molecule has 2 aromatic carbocycles. The average Bonchev–Trinajstić information content (AvgIpc) is 3.09. The van der Waals surface area contributed by atoms with E-state index in [9.17, 15) is 19.5 Å². The molecule has 2 amide bonds. The molecule has 1 unspecified atom stereocenters. The first kappa shape index (κ1) is 24.2. The quantitative estimate of drug-likeness (QED) is 0.429. The predicted molar refractivity (Wildman–Crippen MR) is 120 cm³/mol. The van der Waals surface area contributed by atoms with Gasteiger partial charge in [-0.2, -0.15) is 0 Å². The zero-order chi connectivity index (χ0) is 24.0. The van der Waals surface area contributed by atoms with Crippen molar-refractivity contribution in [2.24, 2.45) is 0 Å². The number of hydrogen-bond donors (Lipinski definition) is 4. The number of rotatable bonds is 10. The van der Waals surface area contributed by atoms with Gasteiger partial charge in [0.2, 0.25) is 5.91 Å². The van der Waals surface area contributed by atoms with Gasteiger partial charge in [0.1, 0.15) is 12.6 Å². The van der Waals surface area contributed by atoms with E-state index in [4.69, 9.17) is 14.6 Å².